The Balaban J connectivity index is 1.53. The van der Waals surface area contributed by atoms with Crippen molar-refractivity contribution >= 4 is 0 Å². The first-order valence-corrected chi connectivity index (χ1v) is 7.54. The van der Waals surface area contributed by atoms with Gasteiger partial charge in [0.25, 0.3) is 0 Å². The molecule has 2 aliphatic rings. The summed E-state index contributed by atoms with van der Waals surface area (Å²) in [6.45, 7) is 2.25. The quantitative estimate of drug-likeness (QED) is 0.875. The fourth-order valence-electron chi connectivity index (χ4n) is 3.51. The van der Waals surface area contributed by atoms with Crippen LogP contribution in [0.1, 0.15) is 43.6 Å². The third-order valence-electron chi connectivity index (χ3n) is 4.60. The molecule has 1 aliphatic heterocycles. The zero-order chi connectivity index (χ0) is 13.1. The van der Waals surface area contributed by atoms with Crippen LogP contribution in [0.5, 0.6) is 0 Å². The zero-order valence-electron chi connectivity index (χ0n) is 11.4. The topological polar surface area (TPSA) is 24.1 Å². The average molecular weight is 262 g/mol. The van der Waals surface area contributed by atoms with Crippen LogP contribution in [0.15, 0.2) is 24.3 Å². The summed E-state index contributed by atoms with van der Waals surface area (Å²) in [4.78, 5) is 0. The van der Waals surface area contributed by atoms with E-state index in [1.54, 1.807) is 12.1 Å². The smallest absolute Gasteiger partial charge is 0.126 e. The summed E-state index contributed by atoms with van der Waals surface area (Å²) < 4.78 is 13.8. The van der Waals surface area contributed by atoms with E-state index in [-0.39, 0.29) is 5.82 Å². The van der Waals surface area contributed by atoms with Crippen molar-refractivity contribution in [2.45, 2.75) is 50.1 Å². The van der Waals surface area contributed by atoms with E-state index in [4.69, 9.17) is 0 Å². The zero-order valence-corrected chi connectivity index (χ0v) is 11.4. The predicted molar refractivity (Wildman–Crippen MR) is 75.8 cm³/mol. The molecule has 3 heteroatoms. The molecule has 2 N–H and O–H groups in total. The number of benzene rings is 1. The molecule has 1 unspecified atom stereocenters. The molecule has 0 amide bonds. The maximum Gasteiger partial charge on any atom is 0.126 e. The van der Waals surface area contributed by atoms with Crippen molar-refractivity contribution in [2.24, 2.45) is 0 Å². The van der Waals surface area contributed by atoms with Crippen molar-refractivity contribution in [3.05, 3.63) is 35.6 Å². The van der Waals surface area contributed by atoms with Gasteiger partial charge in [-0.05, 0) is 56.2 Å². The first-order chi connectivity index (χ1) is 9.33. The van der Waals surface area contributed by atoms with Crippen LogP contribution in [0.4, 0.5) is 4.39 Å². The normalized spacial score (nSPS) is 31.5. The molecule has 1 heterocycles. The highest BCUT2D eigenvalue weighted by Crippen LogP contribution is 2.34. The lowest BCUT2D eigenvalue weighted by atomic mass is 9.81. The van der Waals surface area contributed by atoms with Crippen LogP contribution in [-0.2, 0) is 0 Å². The minimum atomic E-state index is -0.0288. The van der Waals surface area contributed by atoms with Crippen molar-refractivity contribution in [3.8, 4) is 0 Å². The maximum atomic E-state index is 13.8. The highest BCUT2D eigenvalue weighted by atomic mass is 19.1. The molecule has 19 heavy (non-hydrogen) atoms. The van der Waals surface area contributed by atoms with Crippen molar-refractivity contribution in [1.29, 1.82) is 0 Å². The molecule has 1 aromatic carbocycles. The van der Waals surface area contributed by atoms with Gasteiger partial charge in [0.2, 0.25) is 0 Å². The van der Waals surface area contributed by atoms with E-state index in [1.165, 1.54) is 19.3 Å². The third kappa shape index (κ3) is 3.15. The van der Waals surface area contributed by atoms with E-state index in [1.807, 2.05) is 12.1 Å². The highest BCUT2D eigenvalue weighted by Gasteiger charge is 2.26. The van der Waals surface area contributed by atoms with E-state index in [2.05, 4.69) is 10.6 Å². The van der Waals surface area contributed by atoms with Crippen LogP contribution in [-0.4, -0.2) is 25.2 Å². The van der Waals surface area contributed by atoms with Gasteiger partial charge in [-0.25, -0.2) is 4.39 Å². The molecule has 104 valence electrons. The monoisotopic (exact) mass is 262 g/mol. The molecule has 1 saturated heterocycles. The fraction of sp³-hybridized carbons (Fsp3) is 0.625. The van der Waals surface area contributed by atoms with Gasteiger partial charge >= 0.3 is 0 Å². The van der Waals surface area contributed by atoms with Gasteiger partial charge in [-0.15, -0.1) is 0 Å². The molecule has 0 aromatic heterocycles. The summed E-state index contributed by atoms with van der Waals surface area (Å²) in [6, 6.07) is 8.55. The average Bonchev–Trinajstić information content (AvgIpc) is 2.93. The Morgan fingerprint density at radius 1 is 1.00 bits per heavy atom. The van der Waals surface area contributed by atoms with Gasteiger partial charge in [0.15, 0.2) is 0 Å². The fourth-order valence-corrected chi connectivity index (χ4v) is 3.51. The number of rotatable bonds is 3. The first kappa shape index (κ1) is 13.1. The number of halogens is 1. The minimum Gasteiger partial charge on any atom is -0.315 e. The van der Waals surface area contributed by atoms with E-state index in [0.717, 1.165) is 31.5 Å². The summed E-state index contributed by atoms with van der Waals surface area (Å²) >= 11 is 0. The molecule has 2 nitrogen and oxygen atoms in total. The Labute approximate surface area is 114 Å². The van der Waals surface area contributed by atoms with Crippen LogP contribution in [0.25, 0.3) is 0 Å². The number of hydrogen-bond acceptors (Lipinski definition) is 2. The third-order valence-corrected chi connectivity index (χ3v) is 4.60. The summed E-state index contributed by atoms with van der Waals surface area (Å²) in [7, 11) is 0. The molecule has 0 spiro atoms. The van der Waals surface area contributed by atoms with E-state index in [0.29, 0.717) is 18.0 Å². The predicted octanol–water partition coefficient (Wildman–Crippen LogP) is 2.80. The maximum absolute atomic E-state index is 13.8. The Morgan fingerprint density at radius 2 is 1.79 bits per heavy atom. The first-order valence-electron chi connectivity index (χ1n) is 7.54. The second kappa shape index (κ2) is 6.02. The van der Waals surface area contributed by atoms with Gasteiger partial charge in [0.05, 0.1) is 0 Å². The summed E-state index contributed by atoms with van der Waals surface area (Å²) in [5.41, 5.74) is 0.920. The molecule has 0 radical (unpaired) electrons. The molecule has 1 aromatic rings. The van der Waals surface area contributed by atoms with Crippen LogP contribution in [0.3, 0.4) is 0 Å². The second-order valence-electron chi connectivity index (χ2n) is 5.93. The van der Waals surface area contributed by atoms with Crippen molar-refractivity contribution in [3.63, 3.8) is 0 Å². The molecule has 0 bridgehead atoms. The van der Waals surface area contributed by atoms with Gasteiger partial charge in [-0.1, -0.05) is 18.2 Å². The molecular weight excluding hydrogens is 239 g/mol. The SMILES string of the molecule is Fc1ccccc1[C@H]1CC[C@H](NC2CCNC2)CC1. The van der Waals surface area contributed by atoms with Crippen LogP contribution in [0, 0.1) is 5.82 Å². The van der Waals surface area contributed by atoms with Gasteiger partial charge in [0, 0.05) is 18.6 Å². The standard InChI is InChI=1S/C16H23FN2/c17-16-4-2-1-3-15(16)12-5-7-13(8-6-12)19-14-9-10-18-11-14/h1-4,12-14,18-19H,5-11H2/t12-,13-,14?. The lowest BCUT2D eigenvalue weighted by Crippen LogP contribution is -2.41. The molecule has 1 saturated carbocycles. The lowest BCUT2D eigenvalue weighted by Gasteiger charge is -2.31. The molecule has 1 aliphatic carbocycles. The van der Waals surface area contributed by atoms with Crippen molar-refractivity contribution in [1.82, 2.24) is 10.6 Å². The van der Waals surface area contributed by atoms with E-state index in [9.17, 15) is 4.39 Å². The van der Waals surface area contributed by atoms with Crippen molar-refractivity contribution < 1.29 is 4.39 Å². The van der Waals surface area contributed by atoms with Gasteiger partial charge in [-0.3, -0.25) is 0 Å². The van der Waals surface area contributed by atoms with E-state index < -0.39 is 0 Å². The second-order valence-corrected chi connectivity index (χ2v) is 5.93. The Bertz CT molecular complexity index is 407. The highest BCUT2D eigenvalue weighted by molar-refractivity contribution is 5.22. The Kier molecular flexibility index (Phi) is 4.14. The van der Waals surface area contributed by atoms with Crippen LogP contribution >= 0.6 is 0 Å². The summed E-state index contributed by atoms with van der Waals surface area (Å²) in [5.74, 6) is 0.389. The Morgan fingerprint density at radius 3 is 2.47 bits per heavy atom. The molecular formula is C16H23FN2. The molecule has 2 fully saturated rings. The minimum absolute atomic E-state index is 0.0288. The van der Waals surface area contributed by atoms with Crippen LogP contribution < -0.4 is 10.6 Å². The van der Waals surface area contributed by atoms with Crippen LogP contribution in [0.2, 0.25) is 0 Å². The number of hydrogen-bond donors (Lipinski definition) is 2. The summed E-state index contributed by atoms with van der Waals surface area (Å²) in [5, 5.41) is 7.14. The molecule has 3 rings (SSSR count). The van der Waals surface area contributed by atoms with E-state index >= 15 is 0 Å². The van der Waals surface area contributed by atoms with Gasteiger partial charge in [0.1, 0.15) is 5.82 Å². The number of nitrogens with one attached hydrogen (secondary N) is 2. The Hall–Kier alpha value is -0.930. The lowest BCUT2D eigenvalue weighted by molar-refractivity contribution is 0.316. The van der Waals surface area contributed by atoms with Gasteiger partial charge in [-0.2, -0.15) is 0 Å². The largest absolute Gasteiger partial charge is 0.315 e. The van der Waals surface area contributed by atoms with Crippen molar-refractivity contribution in [2.75, 3.05) is 13.1 Å². The molecule has 1 atom stereocenters. The van der Waals surface area contributed by atoms with Gasteiger partial charge < -0.3 is 10.6 Å². The summed E-state index contributed by atoms with van der Waals surface area (Å²) in [6.07, 6.45) is 5.82.